The first-order chi connectivity index (χ1) is 10.9. The Balaban J connectivity index is 1.80. The summed E-state index contributed by atoms with van der Waals surface area (Å²) in [5.41, 5.74) is 0.703. The molecule has 0 unspecified atom stereocenters. The van der Waals surface area contributed by atoms with E-state index in [2.05, 4.69) is 10.1 Å². The van der Waals surface area contributed by atoms with Crippen LogP contribution in [0.25, 0.3) is 0 Å². The minimum Gasteiger partial charge on any atom is -0.457 e. The van der Waals surface area contributed by atoms with Crippen molar-refractivity contribution < 1.29 is 27.4 Å². The highest BCUT2D eigenvalue weighted by atomic mass is 19.4. The van der Waals surface area contributed by atoms with Gasteiger partial charge in [0.15, 0.2) is 6.61 Å². The zero-order chi connectivity index (χ0) is 16.7. The van der Waals surface area contributed by atoms with Crippen LogP contribution in [-0.4, -0.2) is 18.9 Å². The maximum atomic E-state index is 11.9. The van der Waals surface area contributed by atoms with Crippen LogP contribution in [0, 0.1) is 0 Å². The van der Waals surface area contributed by atoms with Crippen LogP contribution in [0.2, 0.25) is 0 Å². The number of alkyl carbamates (subject to hydrolysis) is 1. The van der Waals surface area contributed by atoms with Crippen LogP contribution in [0.4, 0.5) is 18.0 Å². The van der Waals surface area contributed by atoms with E-state index in [1.54, 1.807) is 24.3 Å². The van der Waals surface area contributed by atoms with Crippen molar-refractivity contribution in [1.29, 1.82) is 0 Å². The first kappa shape index (κ1) is 16.7. The number of carbonyl (C=O) groups is 1. The third kappa shape index (κ3) is 6.29. The first-order valence-electron chi connectivity index (χ1n) is 6.71. The molecule has 0 saturated carbocycles. The molecule has 0 bridgehead atoms. The molecule has 7 heteroatoms. The van der Waals surface area contributed by atoms with Crippen LogP contribution in [0.15, 0.2) is 54.6 Å². The Morgan fingerprint density at radius 3 is 2.17 bits per heavy atom. The van der Waals surface area contributed by atoms with E-state index in [1.807, 2.05) is 30.3 Å². The quantitative estimate of drug-likeness (QED) is 0.893. The summed E-state index contributed by atoms with van der Waals surface area (Å²) in [4.78, 5) is 11.1. The Kier molecular flexibility index (Phi) is 5.46. The summed E-state index contributed by atoms with van der Waals surface area (Å²) < 4.78 is 45.3. The van der Waals surface area contributed by atoms with Gasteiger partial charge < -0.3 is 14.8 Å². The molecule has 1 N–H and O–H groups in total. The van der Waals surface area contributed by atoms with Crippen LogP contribution < -0.4 is 10.1 Å². The number of halogens is 3. The van der Waals surface area contributed by atoms with E-state index in [-0.39, 0.29) is 6.54 Å². The van der Waals surface area contributed by atoms with Crippen LogP contribution >= 0.6 is 0 Å². The van der Waals surface area contributed by atoms with Gasteiger partial charge >= 0.3 is 12.3 Å². The van der Waals surface area contributed by atoms with E-state index < -0.39 is 18.9 Å². The molecule has 0 spiro atoms. The summed E-state index contributed by atoms with van der Waals surface area (Å²) in [6.07, 6.45) is -5.65. The Bertz CT molecular complexity index is 627. The summed E-state index contributed by atoms with van der Waals surface area (Å²) in [6.45, 7) is -1.55. The van der Waals surface area contributed by atoms with E-state index >= 15 is 0 Å². The standard InChI is InChI=1S/C16H14F3NO3/c17-16(18,19)11-22-15(21)20-10-12-6-8-14(9-7-12)23-13-4-2-1-3-5-13/h1-9H,10-11H2,(H,20,21). The second-order valence-corrected chi connectivity index (χ2v) is 4.60. The first-order valence-corrected chi connectivity index (χ1v) is 6.71. The maximum Gasteiger partial charge on any atom is 0.422 e. The number of rotatable bonds is 5. The molecule has 0 aliphatic rings. The molecule has 122 valence electrons. The molecule has 0 saturated heterocycles. The van der Waals surface area contributed by atoms with Crippen LogP contribution in [0.5, 0.6) is 11.5 Å². The molecule has 2 aromatic rings. The van der Waals surface area contributed by atoms with Gasteiger partial charge in [-0.3, -0.25) is 0 Å². The van der Waals surface area contributed by atoms with Gasteiger partial charge in [-0.15, -0.1) is 0 Å². The number of hydrogen-bond donors (Lipinski definition) is 1. The SMILES string of the molecule is O=C(NCc1ccc(Oc2ccccc2)cc1)OCC(F)(F)F. The molecule has 0 heterocycles. The number of ether oxygens (including phenoxy) is 2. The average Bonchev–Trinajstić information content (AvgIpc) is 2.52. The van der Waals surface area contributed by atoms with Crippen molar-refractivity contribution in [2.45, 2.75) is 12.7 Å². The lowest BCUT2D eigenvalue weighted by molar-refractivity contribution is -0.160. The van der Waals surface area contributed by atoms with E-state index in [0.29, 0.717) is 17.1 Å². The van der Waals surface area contributed by atoms with Crippen LogP contribution in [0.1, 0.15) is 5.56 Å². The molecule has 0 fully saturated rings. The summed E-state index contributed by atoms with van der Waals surface area (Å²) in [6, 6.07) is 16.0. The third-order valence-electron chi connectivity index (χ3n) is 2.71. The predicted molar refractivity (Wildman–Crippen MR) is 77.2 cm³/mol. The second-order valence-electron chi connectivity index (χ2n) is 4.60. The van der Waals surface area contributed by atoms with Gasteiger partial charge in [-0.2, -0.15) is 13.2 Å². The molecule has 0 radical (unpaired) electrons. The molecule has 2 rings (SSSR count). The van der Waals surface area contributed by atoms with Gasteiger partial charge in [0.1, 0.15) is 11.5 Å². The van der Waals surface area contributed by atoms with Gasteiger partial charge in [0, 0.05) is 6.54 Å². The normalized spacial score (nSPS) is 10.9. The molecular formula is C16H14F3NO3. The smallest absolute Gasteiger partial charge is 0.422 e. The van der Waals surface area contributed by atoms with Gasteiger partial charge in [-0.25, -0.2) is 4.79 Å². The molecule has 0 atom stereocenters. The number of hydrogen-bond acceptors (Lipinski definition) is 3. The van der Waals surface area contributed by atoms with Crippen molar-refractivity contribution >= 4 is 6.09 Å². The Hall–Kier alpha value is -2.70. The highest BCUT2D eigenvalue weighted by Gasteiger charge is 2.29. The summed E-state index contributed by atoms with van der Waals surface area (Å²) in [5.74, 6) is 1.30. The van der Waals surface area contributed by atoms with Crippen molar-refractivity contribution in [2.24, 2.45) is 0 Å². The zero-order valence-corrected chi connectivity index (χ0v) is 12.0. The number of carbonyl (C=O) groups excluding carboxylic acids is 1. The van der Waals surface area contributed by atoms with Gasteiger partial charge in [-0.05, 0) is 29.8 Å². The van der Waals surface area contributed by atoms with E-state index in [9.17, 15) is 18.0 Å². The number of amides is 1. The minimum atomic E-state index is -4.53. The van der Waals surface area contributed by atoms with Crippen molar-refractivity contribution in [3.63, 3.8) is 0 Å². The summed E-state index contributed by atoms with van der Waals surface area (Å²) in [7, 11) is 0. The van der Waals surface area contributed by atoms with E-state index in [4.69, 9.17) is 4.74 Å². The Labute approximate surface area is 130 Å². The fourth-order valence-electron chi connectivity index (χ4n) is 1.67. The number of nitrogens with one attached hydrogen (secondary N) is 1. The van der Waals surface area contributed by atoms with Gasteiger partial charge in [0.25, 0.3) is 0 Å². The van der Waals surface area contributed by atoms with Gasteiger partial charge in [0.05, 0.1) is 0 Å². The van der Waals surface area contributed by atoms with Crippen molar-refractivity contribution in [1.82, 2.24) is 5.32 Å². The molecule has 1 amide bonds. The number of alkyl halides is 3. The second kappa shape index (κ2) is 7.53. The van der Waals surface area contributed by atoms with Gasteiger partial charge in [0.2, 0.25) is 0 Å². The molecular weight excluding hydrogens is 311 g/mol. The molecule has 4 nitrogen and oxygen atoms in total. The fourth-order valence-corrected chi connectivity index (χ4v) is 1.67. The molecule has 2 aromatic carbocycles. The van der Waals surface area contributed by atoms with Gasteiger partial charge in [-0.1, -0.05) is 30.3 Å². The summed E-state index contributed by atoms with van der Waals surface area (Å²) >= 11 is 0. The van der Waals surface area contributed by atoms with Crippen molar-refractivity contribution in [3.8, 4) is 11.5 Å². The predicted octanol–water partition coefficient (Wildman–Crippen LogP) is 4.27. The molecule has 23 heavy (non-hydrogen) atoms. The monoisotopic (exact) mass is 325 g/mol. The van der Waals surface area contributed by atoms with Crippen molar-refractivity contribution in [2.75, 3.05) is 6.61 Å². The number of benzene rings is 2. The largest absolute Gasteiger partial charge is 0.457 e. The molecule has 0 aliphatic carbocycles. The molecule has 0 aliphatic heterocycles. The van der Waals surface area contributed by atoms with Crippen molar-refractivity contribution in [3.05, 3.63) is 60.2 Å². The third-order valence-corrected chi connectivity index (χ3v) is 2.71. The lowest BCUT2D eigenvalue weighted by Gasteiger charge is -2.10. The highest BCUT2D eigenvalue weighted by molar-refractivity contribution is 5.67. The fraction of sp³-hybridized carbons (Fsp3) is 0.188. The lowest BCUT2D eigenvalue weighted by atomic mass is 10.2. The maximum absolute atomic E-state index is 11.9. The number of para-hydroxylation sites is 1. The zero-order valence-electron chi connectivity index (χ0n) is 12.0. The lowest BCUT2D eigenvalue weighted by Crippen LogP contribution is -2.28. The van der Waals surface area contributed by atoms with Crippen LogP contribution in [-0.2, 0) is 11.3 Å². The topological polar surface area (TPSA) is 47.6 Å². The van der Waals surface area contributed by atoms with E-state index in [0.717, 1.165) is 0 Å². The summed E-state index contributed by atoms with van der Waals surface area (Å²) in [5, 5.41) is 2.24. The Morgan fingerprint density at radius 2 is 1.57 bits per heavy atom. The van der Waals surface area contributed by atoms with E-state index in [1.165, 1.54) is 0 Å². The highest BCUT2D eigenvalue weighted by Crippen LogP contribution is 2.21. The average molecular weight is 325 g/mol. The van der Waals surface area contributed by atoms with Crippen LogP contribution in [0.3, 0.4) is 0 Å². The molecule has 0 aromatic heterocycles. The Morgan fingerprint density at radius 1 is 0.957 bits per heavy atom. The minimum absolute atomic E-state index is 0.0578.